The molecule has 0 saturated carbocycles. The SMILES string of the molecule is COCCCNC(=O)COc1ccc(S(=O)(=O)NCc2ccccc2)cc1C. The van der Waals surface area contributed by atoms with Crippen molar-refractivity contribution in [2.45, 2.75) is 24.8 Å². The number of amides is 1. The van der Waals surface area contributed by atoms with Gasteiger partial charge in [-0.15, -0.1) is 0 Å². The number of methoxy groups -OCH3 is 1. The monoisotopic (exact) mass is 406 g/mol. The maximum Gasteiger partial charge on any atom is 0.257 e. The molecule has 2 N–H and O–H groups in total. The van der Waals surface area contributed by atoms with Crippen LogP contribution in [-0.4, -0.2) is 41.2 Å². The smallest absolute Gasteiger partial charge is 0.257 e. The Morgan fingerprint density at radius 2 is 1.86 bits per heavy atom. The predicted octanol–water partition coefficient (Wildman–Crippen LogP) is 2.01. The van der Waals surface area contributed by atoms with E-state index in [1.807, 2.05) is 30.3 Å². The maximum atomic E-state index is 12.5. The first kappa shape index (κ1) is 21.9. The third kappa shape index (κ3) is 6.95. The van der Waals surface area contributed by atoms with Crippen LogP contribution in [0.4, 0.5) is 0 Å². The highest BCUT2D eigenvalue weighted by atomic mass is 32.2. The largest absolute Gasteiger partial charge is 0.484 e. The van der Waals surface area contributed by atoms with E-state index < -0.39 is 10.0 Å². The molecule has 2 aromatic rings. The molecule has 0 spiro atoms. The molecule has 0 radical (unpaired) electrons. The van der Waals surface area contributed by atoms with Gasteiger partial charge in [0.2, 0.25) is 10.0 Å². The predicted molar refractivity (Wildman–Crippen MR) is 107 cm³/mol. The van der Waals surface area contributed by atoms with Crippen molar-refractivity contribution in [1.29, 1.82) is 0 Å². The van der Waals surface area contributed by atoms with Crippen molar-refractivity contribution >= 4 is 15.9 Å². The zero-order valence-electron chi connectivity index (χ0n) is 16.1. The van der Waals surface area contributed by atoms with Gasteiger partial charge in [0.1, 0.15) is 5.75 Å². The first-order chi connectivity index (χ1) is 13.4. The fourth-order valence-electron chi connectivity index (χ4n) is 2.45. The summed E-state index contributed by atoms with van der Waals surface area (Å²) in [4.78, 5) is 11.9. The Morgan fingerprint density at radius 1 is 1.11 bits per heavy atom. The quantitative estimate of drug-likeness (QED) is 0.557. The van der Waals surface area contributed by atoms with Crippen molar-refractivity contribution in [3.63, 3.8) is 0 Å². The molecule has 2 aromatic carbocycles. The van der Waals surface area contributed by atoms with E-state index in [9.17, 15) is 13.2 Å². The second-order valence-corrected chi connectivity index (χ2v) is 7.99. The number of hydrogen-bond acceptors (Lipinski definition) is 5. The molecule has 0 aliphatic carbocycles. The van der Waals surface area contributed by atoms with Crippen LogP contribution in [0.1, 0.15) is 17.5 Å². The van der Waals surface area contributed by atoms with Gasteiger partial charge in [0.15, 0.2) is 6.61 Å². The molecule has 0 aliphatic rings. The van der Waals surface area contributed by atoms with Gasteiger partial charge in [-0.1, -0.05) is 30.3 Å². The minimum atomic E-state index is -3.64. The van der Waals surface area contributed by atoms with Crippen LogP contribution >= 0.6 is 0 Å². The number of carbonyl (C=O) groups is 1. The highest BCUT2D eigenvalue weighted by molar-refractivity contribution is 7.89. The lowest BCUT2D eigenvalue weighted by Crippen LogP contribution is -2.30. The van der Waals surface area contributed by atoms with E-state index in [0.717, 1.165) is 12.0 Å². The van der Waals surface area contributed by atoms with Gasteiger partial charge in [-0.25, -0.2) is 13.1 Å². The first-order valence-electron chi connectivity index (χ1n) is 8.95. The highest BCUT2D eigenvalue weighted by Crippen LogP contribution is 2.22. The number of ether oxygens (including phenoxy) is 2. The molecule has 1 amide bonds. The number of benzene rings is 2. The van der Waals surface area contributed by atoms with Crippen molar-refractivity contribution in [2.24, 2.45) is 0 Å². The summed E-state index contributed by atoms with van der Waals surface area (Å²) in [6.07, 6.45) is 0.726. The minimum Gasteiger partial charge on any atom is -0.484 e. The number of hydrogen-bond donors (Lipinski definition) is 2. The fourth-order valence-corrected chi connectivity index (χ4v) is 3.55. The fraction of sp³-hybridized carbons (Fsp3) is 0.350. The number of rotatable bonds is 11. The summed E-state index contributed by atoms with van der Waals surface area (Å²) in [5, 5.41) is 2.73. The average Bonchev–Trinajstić information content (AvgIpc) is 2.69. The van der Waals surface area contributed by atoms with Gasteiger partial charge >= 0.3 is 0 Å². The van der Waals surface area contributed by atoms with E-state index in [4.69, 9.17) is 9.47 Å². The van der Waals surface area contributed by atoms with Gasteiger partial charge in [-0.05, 0) is 42.7 Å². The van der Waals surface area contributed by atoms with E-state index in [1.54, 1.807) is 20.1 Å². The topological polar surface area (TPSA) is 93.7 Å². The first-order valence-corrected chi connectivity index (χ1v) is 10.4. The second kappa shape index (κ2) is 10.8. The Morgan fingerprint density at radius 3 is 2.54 bits per heavy atom. The van der Waals surface area contributed by atoms with Gasteiger partial charge in [0.25, 0.3) is 5.91 Å². The molecule has 7 nitrogen and oxygen atoms in total. The molecule has 0 saturated heterocycles. The summed E-state index contributed by atoms with van der Waals surface area (Å²) in [6, 6.07) is 13.8. The Bertz CT molecular complexity index is 869. The summed E-state index contributed by atoms with van der Waals surface area (Å²) in [5.41, 5.74) is 1.51. The molecule has 0 fully saturated rings. The van der Waals surface area contributed by atoms with Crippen molar-refractivity contribution in [1.82, 2.24) is 10.0 Å². The number of nitrogens with one attached hydrogen (secondary N) is 2. The van der Waals surface area contributed by atoms with E-state index in [2.05, 4.69) is 10.0 Å². The summed E-state index contributed by atoms with van der Waals surface area (Å²) in [5.74, 6) is 0.228. The standard InChI is InChI=1S/C20H26N2O5S/c1-16-13-18(28(24,25)22-14-17-7-4-3-5-8-17)9-10-19(16)27-15-20(23)21-11-6-12-26-2/h3-5,7-10,13,22H,6,11-12,14-15H2,1-2H3,(H,21,23). The number of sulfonamides is 1. The van der Waals surface area contributed by atoms with E-state index >= 15 is 0 Å². The molecule has 8 heteroatoms. The van der Waals surface area contributed by atoms with Crippen LogP contribution < -0.4 is 14.8 Å². The highest BCUT2D eigenvalue weighted by Gasteiger charge is 2.15. The van der Waals surface area contributed by atoms with E-state index in [1.165, 1.54) is 12.1 Å². The molecule has 28 heavy (non-hydrogen) atoms. The van der Waals surface area contributed by atoms with Crippen LogP contribution in [0.5, 0.6) is 5.75 Å². The van der Waals surface area contributed by atoms with Gasteiger partial charge < -0.3 is 14.8 Å². The molecule has 0 heterocycles. The Kier molecular flexibility index (Phi) is 8.43. The van der Waals surface area contributed by atoms with Crippen molar-refractivity contribution in [2.75, 3.05) is 26.9 Å². The zero-order valence-corrected chi connectivity index (χ0v) is 16.9. The number of aryl methyl sites for hydroxylation is 1. The van der Waals surface area contributed by atoms with Crippen LogP contribution in [0.25, 0.3) is 0 Å². The van der Waals surface area contributed by atoms with Crippen LogP contribution in [-0.2, 0) is 26.1 Å². The second-order valence-electron chi connectivity index (χ2n) is 6.22. The zero-order chi connectivity index (χ0) is 20.4. The Labute approximate surface area is 166 Å². The lowest BCUT2D eigenvalue weighted by Gasteiger charge is -2.12. The minimum absolute atomic E-state index is 0.133. The lowest BCUT2D eigenvalue weighted by atomic mass is 10.2. The molecule has 0 aromatic heterocycles. The van der Waals surface area contributed by atoms with E-state index in [-0.39, 0.29) is 24.0 Å². The summed E-state index contributed by atoms with van der Waals surface area (Å²) in [7, 11) is -2.04. The van der Waals surface area contributed by atoms with Crippen LogP contribution in [0.2, 0.25) is 0 Å². The number of carbonyl (C=O) groups excluding carboxylic acids is 1. The van der Waals surface area contributed by atoms with Gasteiger partial charge in [-0.3, -0.25) is 4.79 Å². The molecule has 152 valence electrons. The van der Waals surface area contributed by atoms with Crippen molar-refractivity contribution in [3.05, 3.63) is 59.7 Å². The Balaban J connectivity index is 1.90. The van der Waals surface area contributed by atoms with Crippen LogP contribution in [0, 0.1) is 6.92 Å². The lowest BCUT2D eigenvalue weighted by molar-refractivity contribution is -0.123. The summed E-state index contributed by atoms with van der Waals surface area (Å²) in [6.45, 7) is 2.91. The van der Waals surface area contributed by atoms with Gasteiger partial charge in [0.05, 0.1) is 4.90 Å². The van der Waals surface area contributed by atoms with Gasteiger partial charge in [-0.2, -0.15) is 0 Å². The molecule has 0 aliphatic heterocycles. The van der Waals surface area contributed by atoms with Crippen LogP contribution in [0.15, 0.2) is 53.4 Å². The molecule has 0 bridgehead atoms. The van der Waals surface area contributed by atoms with Crippen molar-refractivity contribution < 1.29 is 22.7 Å². The molecule has 0 atom stereocenters. The van der Waals surface area contributed by atoms with Gasteiger partial charge in [0, 0.05) is 26.8 Å². The molecule has 0 unspecified atom stereocenters. The molecular weight excluding hydrogens is 380 g/mol. The third-order valence-corrected chi connectivity index (χ3v) is 5.37. The van der Waals surface area contributed by atoms with Crippen LogP contribution in [0.3, 0.4) is 0 Å². The maximum absolute atomic E-state index is 12.5. The van der Waals surface area contributed by atoms with Crippen molar-refractivity contribution in [3.8, 4) is 5.75 Å². The normalized spacial score (nSPS) is 11.2. The summed E-state index contributed by atoms with van der Waals surface area (Å²) < 4.78 is 37.9. The Hall–Kier alpha value is -2.42. The van der Waals surface area contributed by atoms with E-state index in [0.29, 0.717) is 24.5 Å². The molecule has 2 rings (SSSR count). The summed E-state index contributed by atoms with van der Waals surface area (Å²) >= 11 is 0. The third-order valence-electron chi connectivity index (χ3n) is 3.97. The molecular formula is C20H26N2O5S. The average molecular weight is 407 g/mol.